The van der Waals surface area contributed by atoms with Gasteiger partial charge in [-0.2, -0.15) is 0 Å². The molecule has 0 amide bonds. The van der Waals surface area contributed by atoms with E-state index in [0.29, 0.717) is 6.54 Å². The average Bonchev–Trinajstić information content (AvgIpc) is 1.89. The minimum absolute atomic E-state index is 0. The minimum Gasteiger partial charge on any atom is -0.370 e. The number of nitrogens with zero attached hydrogens (tertiary/aromatic N) is 1. The van der Waals surface area contributed by atoms with Crippen molar-refractivity contribution in [3.8, 4) is 0 Å². The summed E-state index contributed by atoms with van der Waals surface area (Å²) < 4.78 is 0. The van der Waals surface area contributed by atoms with Crippen LogP contribution in [0.25, 0.3) is 0 Å². The number of nitrogens with one attached hydrogen (secondary N) is 1. The predicted molar refractivity (Wildman–Crippen MR) is 56.8 cm³/mol. The molecule has 0 aromatic heterocycles. The molecule has 0 spiro atoms. The Morgan fingerprint density at radius 2 is 1.67 bits per heavy atom. The molecule has 0 saturated carbocycles. The SMILES string of the molecule is C.CCC(C)=N.CCN=C(N)N. The van der Waals surface area contributed by atoms with E-state index in [2.05, 4.69) is 4.99 Å². The van der Waals surface area contributed by atoms with Crippen LogP contribution in [0, 0.1) is 5.41 Å². The van der Waals surface area contributed by atoms with Crippen LogP contribution < -0.4 is 11.5 Å². The molecule has 74 valence electrons. The molecule has 4 nitrogen and oxygen atoms in total. The van der Waals surface area contributed by atoms with Crippen molar-refractivity contribution in [3.63, 3.8) is 0 Å². The summed E-state index contributed by atoms with van der Waals surface area (Å²) in [5.74, 6) is 0.164. The number of nitrogens with two attached hydrogens (primary N) is 2. The number of hydrogen-bond donors (Lipinski definition) is 3. The van der Waals surface area contributed by atoms with Crippen molar-refractivity contribution in [1.82, 2.24) is 0 Å². The Bertz CT molecular complexity index is 125. The van der Waals surface area contributed by atoms with Gasteiger partial charge in [0.2, 0.25) is 0 Å². The zero-order chi connectivity index (χ0) is 9.28. The molecular formula is C8H22N4. The topological polar surface area (TPSA) is 88.2 Å². The summed E-state index contributed by atoms with van der Waals surface area (Å²) in [6.45, 7) is 6.32. The van der Waals surface area contributed by atoms with Crippen molar-refractivity contribution < 1.29 is 0 Å². The molecule has 0 aliphatic rings. The maximum Gasteiger partial charge on any atom is 0.185 e. The van der Waals surface area contributed by atoms with Crippen LogP contribution in [0.2, 0.25) is 0 Å². The lowest BCUT2D eigenvalue weighted by Crippen LogP contribution is -2.22. The largest absolute Gasteiger partial charge is 0.370 e. The Balaban J connectivity index is -0.000000126. The molecule has 0 heterocycles. The van der Waals surface area contributed by atoms with Crippen molar-refractivity contribution in [2.24, 2.45) is 16.5 Å². The van der Waals surface area contributed by atoms with Gasteiger partial charge in [0, 0.05) is 12.3 Å². The van der Waals surface area contributed by atoms with Gasteiger partial charge < -0.3 is 16.9 Å². The third kappa shape index (κ3) is 36.3. The molecule has 12 heavy (non-hydrogen) atoms. The molecule has 0 aromatic rings. The molecule has 0 unspecified atom stereocenters. The quantitative estimate of drug-likeness (QED) is 0.436. The van der Waals surface area contributed by atoms with Crippen molar-refractivity contribution in [1.29, 1.82) is 5.41 Å². The summed E-state index contributed by atoms with van der Waals surface area (Å²) in [6.07, 6.45) is 0.889. The van der Waals surface area contributed by atoms with Gasteiger partial charge in [0.05, 0.1) is 0 Å². The Hall–Kier alpha value is -1.06. The first kappa shape index (κ1) is 17.1. The van der Waals surface area contributed by atoms with Crippen LogP contribution in [0.1, 0.15) is 34.6 Å². The van der Waals surface area contributed by atoms with Gasteiger partial charge in [-0.05, 0) is 20.3 Å². The van der Waals surface area contributed by atoms with Crippen molar-refractivity contribution in [3.05, 3.63) is 0 Å². The van der Waals surface area contributed by atoms with Crippen molar-refractivity contribution in [2.45, 2.75) is 34.6 Å². The van der Waals surface area contributed by atoms with Crippen LogP contribution in [-0.4, -0.2) is 18.2 Å². The Labute approximate surface area is 75.6 Å². The van der Waals surface area contributed by atoms with Crippen LogP contribution >= 0.6 is 0 Å². The molecule has 0 fully saturated rings. The van der Waals surface area contributed by atoms with Gasteiger partial charge in [-0.3, -0.25) is 4.99 Å². The third-order valence-corrected chi connectivity index (χ3v) is 0.871. The van der Waals surface area contributed by atoms with Crippen molar-refractivity contribution in [2.75, 3.05) is 6.54 Å². The highest BCUT2D eigenvalue weighted by molar-refractivity contribution is 5.78. The van der Waals surface area contributed by atoms with E-state index in [9.17, 15) is 0 Å². The molecular weight excluding hydrogens is 152 g/mol. The van der Waals surface area contributed by atoms with E-state index >= 15 is 0 Å². The second kappa shape index (κ2) is 12.6. The summed E-state index contributed by atoms with van der Waals surface area (Å²) >= 11 is 0. The zero-order valence-electron chi connectivity index (χ0n) is 7.52. The van der Waals surface area contributed by atoms with Gasteiger partial charge in [-0.1, -0.05) is 14.4 Å². The summed E-state index contributed by atoms with van der Waals surface area (Å²) in [4.78, 5) is 3.60. The first-order valence-corrected chi connectivity index (χ1v) is 3.63. The van der Waals surface area contributed by atoms with Crippen molar-refractivity contribution >= 4 is 11.7 Å². The fraction of sp³-hybridized carbons (Fsp3) is 0.750. The highest BCUT2D eigenvalue weighted by Gasteiger charge is 1.70. The Morgan fingerprint density at radius 1 is 1.33 bits per heavy atom. The maximum absolute atomic E-state index is 6.74. The van der Waals surface area contributed by atoms with Crippen LogP contribution in [0.15, 0.2) is 4.99 Å². The van der Waals surface area contributed by atoms with E-state index in [1.807, 2.05) is 13.8 Å². The maximum atomic E-state index is 6.74. The molecule has 0 aromatic carbocycles. The number of aliphatic imine (C=N–C) groups is 1. The lowest BCUT2D eigenvalue weighted by molar-refractivity contribution is 1.11. The van der Waals surface area contributed by atoms with E-state index in [1.165, 1.54) is 0 Å². The fourth-order valence-electron chi connectivity index (χ4n) is 0.183. The summed E-state index contributed by atoms with van der Waals surface area (Å²) in [5.41, 5.74) is 10.6. The number of guanidine groups is 1. The normalized spacial score (nSPS) is 6.92. The smallest absolute Gasteiger partial charge is 0.185 e. The Morgan fingerprint density at radius 3 is 1.67 bits per heavy atom. The Kier molecular flexibility index (Phi) is 18.0. The van der Waals surface area contributed by atoms with Gasteiger partial charge in [0.25, 0.3) is 0 Å². The molecule has 0 atom stereocenters. The lowest BCUT2D eigenvalue weighted by Gasteiger charge is -1.82. The predicted octanol–water partition coefficient (Wildman–Crippen LogP) is 1.35. The van der Waals surface area contributed by atoms with Crippen LogP contribution in [0.3, 0.4) is 0 Å². The van der Waals surface area contributed by atoms with Crippen LogP contribution in [0.4, 0.5) is 0 Å². The van der Waals surface area contributed by atoms with E-state index < -0.39 is 0 Å². The fourth-order valence-corrected chi connectivity index (χ4v) is 0.183. The van der Waals surface area contributed by atoms with Crippen LogP contribution in [-0.2, 0) is 0 Å². The lowest BCUT2D eigenvalue weighted by atomic mass is 10.3. The van der Waals surface area contributed by atoms with Gasteiger partial charge >= 0.3 is 0 Å². The summed E-state index contributed by atoms with van der Waals surface area (Å²) in [7, 11) is 0. The van der Waals surface area contributed by atoms with Gasteiger partial charge in [0.1, 0.15) is 0 Å². The van der Waals surface area contributed by atoms with E-state index in [4.69, 9.17) is 16.9 Å². The molecule has 0 saturated heterocycles. The third-order valence-electron chi connectivity index (χ3n) is 0.871. The standard InChI is InChI=1S/C4H9N.C3H9N3.CH4/c1-3-4(2)5;1-2-6-3(4)5;/h5H,3H2,1-2H3;2H2,1H3,(H4,4,5,6);1H4. The zero-order valence-corrected chi connectivity index (χ0v) is 7.52. The van der Waals surface area contributed by atoms with Gasteiger partial charge in [0.15, 0.2) is 5.96 Å². The first-order chi connectivity index (χ1) is 5.04. The molecule has 0 radical (unpaired) electrons. The molecule has 5 N–H and O–H groups in total. The second-order valence-electron chi connectivity index (χ2n) is 2.03. The molecule has 4 heteroatoms. The monoisotopic (exact) mass is 174 g/mol. The first-order valence-electron chi connectivity index (χ1n) is 3.63. The van der Waals surface area contributed by atoms with E-state index in [-0.39, 0.29) is 13.4 Å². The van der Waals surface area contributed by atoms with Gasteiger partial charge in [-0.15, -0.1) is 0 Å². The summed E-state index contributed by atoms with van der Waals surface area (Å²) in [6, 6.07) is 0. The minimum atomic E-state index is 0. The molecule has 0 aliphatic heterocycles. The van der Waals surface area contributed by atoms with E-state index in [0.717, 1.165) is 12.1 Å². The number of hydrogen-bond acceptors (Lipinski definition) is 2. The average molecular weight is 174 g/mol. The second-order valence-corrected chi connectivity index (χ2v) is 2.03. The molecule has 0 bridgehead atoms. The summed E-state index contributed by atoms with van der Waals surface area (Å²) in [5, 5.41) is 6.74. The highest BCUT2D eigenvalue weighted by atomic mass is 15.0. The van der Waals surface area contributed by atoms with E-state index in [1.54, 1.807) is 6.92 Å². The molecule has 0 aliphatic carbocycles. The molecule has 0 rings (SSSR count). The van der Waals surface area contributed by atoms with Crippen LogP contribution in [0.5, 0.6) is 0 Å². The number of rotatable bonds is 2. The van der Waals surface area contributed by atoms with Gasteiger partial charge in [-0.25, -0.2) is 0 Å². The highest BCUT2D eigenvalue weighted by Crippen LogP contribution is 1.72.